The smallest absolute Gasteiger partial charge is 0.317 e. The molecule has 0 spiro atoms. The SMILES string of the molecule is COc1ccc(C(=O)N2C[C@@H](O)[C@H](NCCN3CCNC3=O)C2)cc1. The molecule has 2 saturated heterocycles. The quantitative estimate of drug-likeness (QED) is 0.644. The summed E-state index contributed by atoms with van der Waals surface area (Å²) in [6.45, 7) is 3.29. The van der Waals surface area contributed by atoms with Crippen LogP contribution >= 0.6 is 0 Å². The van der Waals surface area contributed by atoms with E-state index in [4.69, 9.17) is 4.74 Å². The molecule has 0 saturated carbocycles. The van der Waals surface area contributed by atoms with Crippen molar-refractivity contribution in [1.29, 1.82) is 0 Å². The standard InChI is InChI=1S/C17H24N4O4/c1-25-13-4-2-12(3-5-13)16(23)21-10-14(15(22)11-21)18-6-8-20-9-7-19-17(20)24/h2-5,14-15,18,22H,6-11H2,1H3,(H,19,24)/t14-,15-/m1/s1. The van der Waals surface area contributed by atoms with Gasteiger partial charge in [-0.2, -0.15) is 0 Å². The van der Waals surface area contributed by atoms with E-state index in [-0.39, 0.29) is 18.0 Å². The lowest BCUT2D eigenvalue weighted by atomic mass is 10.2. The number of benzene rings is 1. The Bertz CT molecular complexity index is 622. The summed E-state index contributed by atoms with van der Waals surface area (Å²) < 4.78 is 5.10. The van der Waals surface area contributed by atoms with Gasteiger partial charge in [-0.1, -0.05) is 0 Å². The minimum atomic E-state index is -0.616. The van der Waals surface area contributed by atoms with Crippen molar-refractivity contribution < 1.29 is 19.4 Å². The minimum absolute atomic E-state index is 0.0509. The van der Waals surface area contributed by atoms with Gasteiger partial charge in [0.2, 0.25) is 0 Å². The molecule has 0 unspecified atom stereocenters. The first-order chi connectivity index (χ1) is 12.1. The lowest BCUT2D eigenvalue weighted by Gasteiger charge is -2.19. The van der Waals surface area contributed by atoms with Crippen LogP contribution in [0.2, 0.25) is 0 Å². The van der Waals surface area contributed by atoms with Gasteiger partial charge in [-0.05, 0) is 24.3 Å². The van der Waals surface area contributed by atoms with Crippen molar-refractivity contribution in [3.8, 4) is 5.75 Å². The molecule has 2 aliphatic rings. The summed E-state index contributed by atoms with van der Waals surface area (Å²) >= 11 is 0. The summed E-state index contributed by atoms with van der Waals surface area (Å²) in [5, 5.41) is 16.2. The van der Waals surface area contributed by atoms with Gasteiger partial charge in [0.25, 0.3) is 5.91 Å². The maximum absolute atomic E-state index is 12.5. The Morgan fingerprint density at radius 2 is 2.12 bits per heavy atom. The number of nitrogens with one attached hydrogen (secondary N) is 2. The molecule has 1 aromatic carbocycles. The normalized spacial score (nSPS) is 23.0. The number of aliphatic hydroxyl groups is 1. The molecule has 3 amide bonds. The van der Waals surface area contributed by atoms with E-state index in [1.807, 2.05) is 0 Å². The first-order valence-corrected chi connectivity index (χ1v) is 8.46. The number of rotatable bonds is 6. The molecule has 136 valence electrons. The summed E-state index contributed by atoms with van der Waals surface area (Å²) in [4.78, 5) is 27.4. The molecule has 0 aliphatic carbocycles. The first kappa shape index (κ1) is 17.5. The van der Waals surface area contributed by atoms with Gasteiger partial charge in [0.05, 0.1) is 19.3 Å². The van der Waals surface area contributed by atoms with Crippen molar-refractivity contribution in [3.05, 3.63) is 29.8 Å². The van der Waals surface area contributed by atoms with Crippen LogP contribution in [0.4, 0.5) is 4.79 Å². The van der Waals surface area contributed by atoms with E-state index in [0.717, 1.165) is 0 Å². The van der Waals surface area contributed by atoms with E-state index in [0.29, 0.717) is 50.6 Å². The number of carbonyl (C=O) groups is 2. The number of methoxy groups -OCH3 is 1. The second kappa shape index (κ2) is 7.71. The number of hydrogen-bond acceptors (Lipinski definition) is 5. The third kappa shape index (κ3) is 4.02. The molecule has 3 rings (SSSR count). The Morgan fingerprint density at radius 3 is 2.76 bits per heavy atom. The summed E-state index contributed by atoms with van der Waals surface area (Å²) in [5.74, 6) is 0.591. The minimum Gasteiger partial charge on any atom is -0.497 e. The fraction of sp³-hybridized carbons (Fsp3) is 0.529. The van der Waals surface area contributed by atoms with Gasteiger partial charge in [0.15, 0.2) is 0 Å². The monoisotopic (exact) mass is 348 g/mol. The Hall–Kier alpha value is -2.32. The molecular formula is C17H24N4O4. The topological polar surface area (TPSA) is 94.1 Å². The van der Waals surface area contributed by atoms with Crippen LogP contribution in [0.25, 0.3) is 0 Å². The zero-order chi connectivity index (χ0) is 17.8. The number of amides is 3. The number of nitrogens with zero attached hydrogens (tertiary/aromatic N) is 2. The van der Waals surface area contributed by atoms with Crippen molar-refractivity contribution in [2.75, 3.05) is 46.4 Å². The van der Waals surface area contributed by atoms with Crippen LogP contribution in [0.3, 0.4) is 0 Å². The second-order valence-electron chi connectivity index (χ2n) is 6.29. The predicted octanol–water partition coefficient (Wildman–Crippen LogP) is -0.505. The van der Waals surface area contributed by atoms with Crippen LogP contribution in [-0.4, -0.2) is 85.4 Å². The maximum atomic E-state index is 12.5. The Morgan fingerprint density at radius 1 is 1.36 bits per heavy atom. The highest BCUT2D eigenvalue weighted by Gasteiger charge is 2.34. The molecular weight excluding hydrogens is 324 g/mol. The van der Waals surface area contributed by atoms with Crippen molar-refractivity contribution in [1.82, 2.24) is 20.4 Å². The van der Waals surface area contributed by atoms with E-state index >= 15 is 0 Å². The number of urea groups is 1. The van der Waals surface area contributed by atoms with Crippen molar-refractivity contribution >= 4 is 11.9 Å². The molecule has 25 heavy (non-hydrogen) atoms. The zero-order valence-corrected chi connectivity index (χ0v) is 14.3. The fourth-order valence-electron chi connectivity index (χ4n) is 3.18. The maximum Gasteiger partial charge on any atom is 0.317 e. The largest absolute Gasteiger partial charge is 0.497 e. The zero-order valence-electron chi connectivity index (χ0n) is 14.3. The highest BCUT2D eigenvalue weighted by Crippen LogP contribution is 2.17. The van der Waals surface area contributed by atoms with E-state index in [1.165, 1.54) is 0 Å². The van der Waals surface area contributed by atoms with E-state index in [9.17, 15) is 14.7 Å². The van der Waals surface area contributed by atoms with Crippen LogP contribution in [0.5, 0.6) is 5.75 Å². The lowest BCUT2D eigenvalue weighted by molar-refractivity contribution is 0.0764. The third-order valence-electron chi connectivity index (χ3n) is 4.65. The summed E-state index contributed by atoms with van der Waals surface area (Å²) in [7, 11) is 1.58. The van der Waals surface area contributed by atoms with Crippen molar-refractivity contribution in [2.45, 2.75) is 12.1 Å². The van der Waals surface area contributed by atoms with Crippen molar-refractivity contribution in [2.24, 2.45) is 0 Å². The first-order valence-electron chi connectivity index (χ1n) is 8.46. The molecule has 3 N–H and O–H groups in total. The number of aliphatic hydroxyl groups excluding tert-OH is 1. The molecule has 1 aromatic rings. The average molecular weight is 348 g/mol. The molecule has 0 radical (unpaired) electrons. The summed E-state index contributed by atoms with van der Waals surface area (Å²) in [6.07, 6.45) is -0.616. The molecule has 2 fully saturated rings. The van der Waals surface area contributed by atoms with Gasteiger partial charge in [-0.3, -0.25) is 4.79 Å². The van der Waals surface area contributed by atoms with Crippen LogP contribution in [0.15, 0.2) is 24.3 Å². The fourth-order valence-corrected chi connectivity index (χ4v) is 3.18. The molecule has 8 heteroatoms. The number of hydrogen-bond donors (Lipinski definition) is 3. The second-order valence-corrected chi connectivity index (χ2v) is 6.29. The van der Waals surface area contributed by atoms with E-state index in [2.05, 4.69) is 10.6 Å². The van der Waals surface area contributed by atoms with Crippen LogP contribution < -0.4 is 15.4 Å². The van der Waals surface area contributed by atoms with Crippen LogP contribution in [0.1, 0.15) is 10.4 Å². The van der Waals surface area contributed by atoms with Gasteiger partial charge in [0, 0.05) is 44.8 Å². The molecule has 0 bridgehead atoms. The van der Waals surface area contributed by atoms with Crippen LogP contribution in [0, 0.1) is 0 Å². The van der Waals surface area contributed by atoms with Gasteiger partial charge < -0.3 is 30.3 Å². The Kier molecular flexibility index (Phi) is 5.40. The predicted molar refractivity (Wildman–Crippen MR) is 91.7 cm³/mol. The third-order valence-corrected chi connectivity index (χ3v) is 4.65. The number of likely N-dealkylation sites (tertiary alicyclic amines) is 1. The molecule has 8 nitrogen and oxygen atoms in total. The Balaban J connectivity index is 1.49. The molecule has 2 heterocycles. The van der Waals surface area contributed by atoms with Crippen LogP contribution in [-0.2, 0) is 0 Å². The van der Waals surface area contributed by atoms with Gasteiger partial charge >= 0.3 is 6.03 Å². The van der Waals surface area contributed by atoms with E-state index in [1.54, 1.807) is 41.2 Å². The van der Waals surface area contributed by atoms with E-state index < -0.39 is 6.10 Å². The molecule has 0 aromatic heterocycles. The average Bonchev–Trinajstić information content (AvgIpc) is 3.20. The lowest BCUT2D eigenvalue weighted by Crippen LogP contribution is -2.43. The highest BCUT2D eigenvalue weighted by atomic mass is 16.5. The molecule has 2 atom stereocenters. The molecule has 2 aliphatic heterocycles. The van der Waals surface area contributed by atoms with Gasteiger partial charge in [0.1, 0.15) is 5.75 Å². The highest BCUT2D eigenvalue weighted by molar-refractivity contribution is 5.94. The number of carbonyl (C=O) groups excluding carboxylic acids is 2. The summed E-state index contributed by atoms with van der Waals surface area (Å²) in [6, 6.07) is 6.70. The van der Waals surface area contributed by atoms with Crippen molar-refractivity contribution in [3.63, 3.8) is 0 Å². The van der Waals surface area contributed by atoms with Gasteiger partial charge in [-0.15, -0.1) is 0 Å². The number of ether oxygens (including phenoxy) is 1. The summed E-state index contributed by atoms with van der Waals surface area (Å²) in [5.41, 5.74) is 0.572. The number of β-amino-alcohol motifs (C(OH)–C–C–N with tert-alkyl or cyclic N) is 1. The van der Waals surface area contributed by atoms with Gasteiger partial charge in [-0.25, -0.2) is 4.79 Å². The Labute approximate surface area is 146 Å².